The molecule has 0 spiro atoms. The van der Waals surface area contributed by atoms with Crippen LogP contribution in [0, 0.1) is 11.3 Å². The third kappa shape index (κ3) is 3.97. The highest BCUT2D eigenvalue weighted by Gasteiger charge is 2.44. The van der Waals surface area contributed by atoms with E-state index in [0.29, 0.717) is 24.4 Å². The molecule has 184 valence electrons. The first-order valence-corrected chi connectivity index (χ1v) is 11.5. The highest BCUT2D eigenvalue weighted by molar-refractivity contribution is 5.69. The van der Waals surface area contributed by atoms with Crippen LogP contribution in [0.25, 0.3) is 5.65 Å². The zero-order valence-corrected chi connectivity index (χ0v) is 19.9. The highest BCUT2D eigenvalue weighted by Crippen LogP contribution is 2.43. The Morgan fingerprint density at radius 1 is 1.20 bits per heavy atom. The molecule has 1 fully saturated rings. The van der Waals surface area contributed by atoms with Crippen molar-refractivity contribution in [2.45, 2.75) is 51.6 Å². The number of fused-ring (bicyclic) bond motifs is 2. The van der Waals surface area contributed by atoms with E-state index in [2.05, 4.69) is 44.2 Å². The molecule has 3 aromatic rings. The first kappa shape index (κ1) is 23.1. The van der Waals surface area contributed by atoms with Gasteiger partial charge < -0.3 is 14.4 Å². The molecule has 3 atom stereocenters. The van der Waals surface area contributed by atoms with Gasteiger partial charge in [-0.3, -0.25) is 9.69 Å². The molecule has 0 amide bonds. The number of nitrogens with zero attached hydrogens (tertiary/aromatic N) is 6. The summed E-state index contributed by atoms with van der Waals surface area (Å²) in [4.78, 5) is 21.8. The summed E-state index contributed by atoms with van der Waals surface area (Å²) in [7, 11) is 1.67. The molecule has 1 aromatic carbocycles. The molecule has 1 saturated heterocycles. The van der Waals surface area contributed by atoms with Crippen LogP contribution in [0.2, 0.25) is 0 Å². The van der Waals surface area contributed by atoms with E-state index in [0.717, 1.165) is 11.3 Å². The van der Waals surface area contributed by atoms with Crippen molar-refractivity contribution in [1.82, 2.24) is 19.1 Å². The van der Waals surface area contributed by atoms with Crippen molar-refractivity contribution >= 4 is 11.3 Å². The van der Waals surface area contributed by atoms with Gasteiger partial charge in [0.25, 0.3) is 5.56 Å². The fourth-order valence-corrected chi connectivity index (χ4v) is 5.03. The number of benzene rings is 1. The SMILES string of the molecule is CC(c1ccc2c(c1)OC(F)(F)O2)N1C[C@H](C)N(c2cc(=O)n(C)n3cc(CC#N)nc23)C[C@H]1C. The van der Waals surface area contributed by atoms with Crippen molar-refractivity contribution in [3.63, 3.8) is 0 Å². The normalized spacial score (nSPS) is 22.4. The van der Waals surface area contributed by atoms with Gasteiger partial charge in [-0.2, -0.15) is 5.26 Å². The minimum atomic E-state index is -3.64. The Morgan fingerprint density at radius 2 is 1.94 bits per heavy atom. The zero-order valence-electron chi connectivity index (χ0n) is 19.9. The molecule has 5 rings (SSSR count). The van der Waals surface area contributed by atoms with Crippen molar-refractivity contribution in [2.75, 3.05) is 18.0 Å². The summed E-state index contributed by atoms with van der Waals surface area (Å²) in [5.74, 6) is 0.0658. The highest BCUT2D eigenvalue weighted by atomic mass is 19.3. The Labute approximate surface area is 200 Å². The molecule has 2 aliphatic heterocycles. The van der Waals surface area contributed by atoms with Crippen LogP contribution < -0.4 is 19.9 Å². The number of ether oxygens (including phenoxy) is 2. The Kier molecular flexibility index (Phi) is 5.44. The summed E-state index contributed by atoms with van der Waals surface area (Å²) in [5, 5.41) is 9.08. The van der Waals surface area contributed by atoms with Crippen LogP contribution in [-0.2, 0) is 13.5 Å². The third-order valence-electron chi connectivity index (χ3n) is 6.88. The second-order valence-electron chi connectivity index (χ2n) is 9.22. The second-order valence-corrected chi connectivity index (χ2v) is 9.22. The van der Waals surface area contributed by atoms with Crippen molar-refractivity contribution < 1.29 is 18.3 Å². The van der Waals surface area contributed by atoms with Crippen LogP contribution in [0.15, 0.2) is 35.3 Å². The molecule has 4 heterocycles. The lowest BCUT2D eigenvalue weighted by atomic mass is 10.00. The number of hydrogen-bond acceptors (Lipinski definition) is 7. The van der Waals surface area contributed by atoms with Gasteiger partial charge in [-0.1, -0.05) is 6.07 Å². The van der Waals surface area contributed by atoms with Gasteiger partial charge in [0, 0.05) is 44.3 Å². The summed E-state index contributed by atoms with van der Waals surface area (Å²) >= 11 is 0. The van der Waals surface area contributed by atoms with Gasteiger partial charge in [0.05, 0.1) is 30.1 Å². The summed E-state index contributed by atoms with van der Waals surface area (Å²) in [5.41, 5.74) is 2.66. The molecular weight excluding hydrogens is 458 g/mol. The number of hydrogen-bond donors (Lipinski definition) is 0. The molecule has 2 aromatic heterocycles. The Bertz CT molecular complexity index is 1390. The number of halogens is 2. The van der Waals surface area contributed by atoms with Crippen LogP contribution in [-0.4, -0.2) is 50.5 Å². The summed E-state index contributed by atoms with van der Waals surface area (Å²) in [6, 6.07) is 8.67. The summed E-state index contributed by atoms with van der Waals surface area (Å²) in [6.45, 7) is 7.53. The topological polar surface area (TPSA) is 88.0 Å². The fourth-order valence-electron chi connectivity index (χ4n) is 5.03. The molecule has 0 bridgehead atoms. The van der Waals surface area contributed by atoms with E-state index in [9.17, 15) is 13.6 Å². The Balaban J connectivity index is 1.42. The van der Waals surface area contributed by atoms with E-state index in [4.69, 9.17) is 5.26 Å². The minimum Gasteiger partial charge on any atom is -0.395 e. The molecule has 2 aliphatic rings. The lowest BCUT2D eigenvalue weighted by molar-refractivity contribution is -0.286. The van der Waals surface area contributed by atoms with Gasteiger partial charge in [0.1, 0.15) is 0 Å². The minimum absolute atomic E-state index is 0.0299. The van der Waals surface area contributed by atoms with E-state index < -0.39 is 6.29 Å². The van der Waals surface area contributed by atoms with Crippen LogP contribution >= 0.6 is 0 Å². The number of nitriles is 1. The molecule has 0 saturated carbocycles. The van der Waals surface area contributed by atoms with E-state index in [1.807, 2.05) is 6.92 Å². The van der Waals surface area contributed by atoms with E-state index >= 15 is 0 Å². The first-order valence-electron chi connectivity index (χ1n) is 11.5. The number of alkyl halides is 2. The van der Waals surface area contributed by atoms with Crippen LogP contribution in [0.1, 0.15) is 38.1 Å². The molecule has 9 nitrogen and oxygen atoms in total. The van der Waals surface area contributed by atoms with Gasteiger partial charge in [-0.25, -0.2) is 14.2 Å². The number of rotatable bonds is 4. The van der Waals surface area contributed by atoms with Crippen molar-refractivity contribution in [1.29, 1.82) is 5.26 Å². The van der Waals surface area contributed by atoms with Crippen molar-refractivity contribution in [3.8, 4) is 17.6 Å². The molecule has 11 heteroatoms. The average molecular weight is 485 g/mol. The zero-order chi connectivity index (χ0) is 25.1. The average Bonchev–Trinajstić information content (AvgIpc) is 3.36. The van der Waals surface area contributed by atoms with Crippen LogP contribution in [0.4, 0.5) is 14.5 Å². The maximum Gasteiger partial charge on any atom is 0.586 e. The van der Waals surface area contributed by atoms with E-state index in [1.54, 1.807) is 36.0 Å². The van der Waals surface area contributed by atoms with Crippen molar-refractivity contribution in [3.05, 3.63) is 52.1 Å². The fraction of sp³-hybridized carbons (Fsp3) is 0.458. The van der Waals surface area contributed by atoms with Gasteiger partial charge in [0.15, 0.2) is 17.1 Å². The molecule has 35 heavy (non-hydrogen) atoms. The molecular formula is C24H26F2N6O3. The Hall–Kier alpha value is -3.65. The number of aryl methyl sites for hydroxylation is 1. The maximum atomic E-state index is 13.4. The molecule has 0 N–H and O–H groups in total. The standard InChI is InChI=1S/C24H26F2N6O3/c1-14-12-31(19-10-22(33)29(4)32-13-18(7-8-27)28-23(19)32)15(2)11-30(14)16(3)17-5-6-20-21(9-17)35-24(25,26)34-20/h5-6,9-10,13-16H,7,11-12H2,1-4H3/t14-,15+,16?/m1/s1. The quantitative estimate of drug-likeness (QED) is 0.562. The summed E-state index contributed by atoms with van der Waals surface area (Å²) < 4.78 is 39.2. The molecule has 0 radical (unpaired) electrons. The number of anilines is 1. The van der Waals surface area contributed by atoms with Gasteiger partial charge in [-0.15, -0.1) is 8.78 Å². The monoisotopic (exact) mass is 484 g/mol. The van der Waals surface area contributed by atoms with Gasteiger partial charge in [0.2, 0.25) is 0 Å². The van der Waals surface area contributed by atoms with E-state index in [1.165, 1.54) is 10.7 Å². The number of piperazine rings is 1. The van der Waals surface area contributed by atoms with Crippen LogP contribution in [0.5, 0.6) is 11.5 Å². The van der Waals surface area contributed by atoms with E-state index in [-0.39, 0.29) is 41.6 Å². The van der Waals surface area contributed by atoms with Gasteiger partial charge in [-0.05, 0) is 38.5 Å². The maximum absolute atomic E-state index is 13.4. The largest absolute Gasteiger partial charge is 0.586 e. The Morgan fingerprint density at radius 3 is 2.69 bits per heavy atom. The van der Waals surface area contributed by atoms with Crippen molar-refractivity contribution in [2.24, 2.45) is 7.05 Å². The number of aromatic nitrogens is 3. The third-order valence-corrected chi connectivity index (χ3v) is 6.88. The lowest BCUT2D eigenvalue weighted by Crippen LogP contribution is -2.57. The summed E-state index contributed by atoms with van der Waals surface area (Å²) in [6.07, 6.45) is -1.76. The number of imidazole rings is 1. The van der Waals surface area contributed by atoms with Gasteiger partial charge >= 0.3 is 6.29 Å². The second kappa shape index (κ2) is 8.23. The lowest BCUT2D eigenvalue weighted by Gasteiger charge is -2.47. The van der Waals surface area contributed by atoms with Crippen LogP contribution in [0.3, 0.4) is 0 Å². The molecule has 1 unspecified atom stereocenters. The predicted octanol–water partition coefficient (Wildman–Crippen LogP) is 3.08. The molecule has 0 aliphatic carbocycles. The predicted molar refractivity (Wildman–Crippen MR) is 124 cm³/mol. The first-order chi connectivity index (χ1) is 16.6. The smallest absolute Gasteiger partial charge is 0.395 e.